The van der Waals surface area contributed by atoms with Crippen LogP contribution < -0.4 is 14.2 Å². The Morgan fingerprint density at radius 1 is 1.06 bits per heavy atom. The van der Waals surface area contributed by atoms with E-state index in [1.165, 1.54) is 30.2 Å². The highest BCUT2D eigenvalue weighted by molar-refractivity contribution is 7.90. The number of sulfonamides is 1. The fourth-order valence-corrected chi connectivity index (χ4v) is 10.9. The third-order valence-electron chi connectivity index (χ3n) is 12.2. The summed E-state index contributed by atoms with van der Waals surface area (Å²) in [5.74, 6) is -3.97. The maximum absolute atomic E-state index is 15.1. The van der Waals surface area contributed by atoms with Gasteiger partial charge in [-0.2, -0.15) is 4.98 Å². The molecule has 20 heteroatoms. The number of nitrogens with one attached hydrogen (secondary N) is 1. The number of likely N-dealkylation sites (tertiary alicyclic amines) is 1. The zero-order valence-electron chi connectivity index (χ0n) is 36.1. The van der Waals surface area contributed by atoms with Crippen molar-refractivity contribution in [1.29, 1.82) is 0 Å². The number of rotatable bonds is 15. The fraction of sp³-hybridized carbons (Fsp3) is 0.444. The van der Waals surface area contributed by atoms with Crippen molar-refractivity contribution in [3.8, 4) is 23.0 Å². The number of benzene rings is 2. The second-order valence-corrected chi connectivity index (χ2v) is 20.9. The minimum absolute atomic E-state index is 0.0571. The predicted molar refractivity (Wildman–Crippen MR) is 231 cm³/mol. The highest BCUT2D eigenvalue weighted by Gasteiger charge is 2.61. The SMILES string of the molecule is C=C[C@@H]1C[C@]1(CC(=O)[C@@H]1C[C@@H](Oc2nc(-c3ccc(OC(F)(F)F)cc3)nc3c2oc2ccccc23)CN1C(=O)[C@@H](Cc1nc(C)c(C(=O)OC)s1)C(C)(C)C)C(=O)NS(=O)(=O)C1CC1. The van der Waals surface area contributed by atoms with Crippen molar-refractivity contribution >= 4 is 67.0 Å². The number of carbonyl (C=O) groups excluding carboxylic acids is 4. The van der Waals surface area contributed by atoms with Gasteiger partial charge in [-0.05, 0) is 73.9 Å². The van der Waals surface area contributed by atoms with Gasteiger partial charge in [-0.3, -0.25) is 19.1 Å². The number of nitrogens with zero attached hydrogens (tertiary/aromatic N) is 4. The van der Waals surface area contributed by atoms with E-state index in [0.717, 1.165) is 23.5 Å². The van der Waals surface area contributed by atoms with Crippen LogP contribution >= 0.6 is 11.3 Å². The van der Waals surface area contributed by atoms with Crippen LogP contribution in [0.1, 0.15) is 73.2 Å². The van der Waals surface area contributed by atoms with E-state index in [9.17, 15) is 36.0 Å². The van der Waals surface area contributed by atoms with Gasteiger partial charge in [0.15, 0.2) is 11.6 Å². The van der Waals surface area contributed by atoms with Crippen LogP contribution in [0.25, 0.3) is 33.5 Å². The molecule has 2 saturated carbocycles. The van der Waals surface area contributed by atoms with Crippen molar-refractivity contribution in [1.82, 2.24) is 24.6 Å². The summed E-state index contributed by atoms with van der Waals surface area (Å²) in [6.07, 6.45) is -3.58. The Bertz CT molecular complexity index is 2830. The molecule has 8 rings (SSSR count). The van der Waals surface area contributed by atoms with Gasteiger partial charge in [-0.25, -0.2) is 23.2 Å². The summed E-state index contributed by atoms with van der Waals surface area (Å²) in [6, 6.07) is 10.9. The van der Waals surface area contributed by atoms with E-state index in [1.807, 2.05) is 20.8 Å². The number of esters is 1. The van der Waals surface area contributed by atoms with E-state index in [0.29, 0.717) is 50.5 Å². The number of aromatic nitrogens is 3. The van der Waals surface area contributed by atoms with Gasteiger partial charge in [0.1, 0.15) is 27.8 Å². The first-order valence-corrected chi connectivity index (χ1v) is 23.3. The molecule has 5 atom stereocenters. The van der Waals surface area contributed by atoms with Gasteiger partial charge >= 0.3 is 12.3 Å². The molecule has 5 aromatic rings. The van der Waals surface area contributed by atoms with E-state index < -0.39 is 85.8 Å². The van der Waals surface area contributed by atoms with Crippen LogP contribution in [0.2, 0.25) is 0 Å². The first-order valence-electron chi connectivity index (χ1n) is 20.9. The summed E-state index contributed by atoms with van der Waals surface area (Å²) in [4.78, 5) is 71.8. The summed E-state index contributed by atoms with van der Waals surface area (Å²) in [6.45, 7) is 11.0. The fourth-order valence-electron chi connectivity index (χ4n) is 8.44. The lowest BCUT2D eigenvalue weighted by Gasteiger charge is -2.35. The van der Waals surface area contributed by atoms with Crippen molar-refractivity contribution in [2.75, 3.05) is 13.7 Å². The topological polar surface area (TPSA) is 197 Å². The lowest BCUT2D eigenvalue weighted by Crippen LogP contribution is -2.48. The Morgan fingerprint density at radius 2 is 1.77 bits per heavy atom. The Hall–Kier alpha value is -5.89. The molecule has 65 heavy (non-hydrogen) atoms. The molecule has 344 valence electrons. The second kappa shape index (κ2) is 16.8. The van der Waals surface area contributed by atoms with Gasteiger partial charge < -0.3 is 23.5 Å². The number of para-hydroxylation sites is 1. The third-order valence-corrected chi connectivity index (χ3v) is 15.2. The number of thiazole rings is 1. The molecule has 0 bridgehead atoms. The summed E-state index contributed by atoms with van der Waals surface area (Å²) < 4.78 is 88.7. The van der Waals surface area contributed by atoms with Crippen molar-refractivity contribution in [3.05, 3.63) is 76.8 Å². The first-order chi connectivity index (χ1) is 30.6. The number of furan rings is 1. The minimum atomic E-state index is -4.90. The molecule has 1 saturated heterocycles. The summed E-state index contributed by atoms with van der Waals surface area (Å²) in [5.41, 5.74) is -0.415. The van der Waals surface area contributed by atoms with E-state index in [4.69, 9.17) is 18.9 Å². The molecular formula is C45H46F3N5O10S2. The third kappa shape index (κ3) is 9.32. The highest BCUT2D eigenvalue weighted by atomic mass is 32.2. The molecule has 3 aliphatic rings. The normalized spacial score (nSPS) is 21.5. The second-order valence-electron chi connectivity index (χ2n) is 17.8. The maximum Gasteiger partial charge on any atom is 0.573 e. The van der Waals surface area contributed by atoms with Crippen LogP contribution in [0.3, 0.4) is 0 Å². The van der Waals surface area contributed by atoms with Crippen LogP contribution in [0.4, 0.5) is 13.2 Å². The predicted octanol–water partition coefficient (Wildman–Crippen LogP) is 7.51. The van der Waals surface area contributed by atoms with Crippen LogP contribution in [0.5, 0.6) is 11.6 Å². The van der Waals surface area contributed by atoms with Gasteiger partial charge in [0.05, 0.1) is 41.1 Å². The number of Topliss-reactive ketones (excluding diaryl/α,β-unsaturated/α-hetero) is 1. The summed E-state index contributed by atoms with van der Waals surface area (Å²) in [7, 11) is -2.68. The number of aryl methyl sites for hydroxylation is 1. The average Bonchev–Trinajstić information content (AvgIpc) is 4.10. The molecule has 0 unspecified atom stereocenters. The molecule has 3 fully saturated rings. The van der Waals surface area contributed by atoms with Gasteiger partial charge in [0.2, 0.25) is 27.4 Å². The van der Waals surface area contributed by atoms with E-state index in [2.05, 4.69) is 26.0 Å². The lowest BCUT2D eigenvalue weighted by molar-refractivity contribution is -0.274. The van der Waals surface area contributed by atoms with Crippen LogP contribution in [0.15, 0.2) is 65.6 Å². The Kier molecular flexibility index (Phi) is 11.8. The smallest absolute Gasteiger partial charge is 0.470 e. The van der Waals surface area contributed by atoms with Crippen molar-refractivity contribution in [2.24, 2.45) is 22.7 Å². The first kappa shape index (κ1) is 45.7. The molecule has 0 spiro atoms. The lowest BCUT2D eigenvalue weighted by atomic mass is 9.77. The maximum atomic E-state index is 15.1. The number of ether oxygens (including phenoxy) is 3. The van der Waals surface area contributed by atoms with Crippen LogP contribution in [-0.4, -0.2) is 89.2 Å². The Balaban J connectivity index is 1.15. The number of ketones is 1. The van der Waals surface area contributed by atoms with Gasteiger partial charge in [-0.1, -0.05) is 39.0 Å². The van der Waals surface area contributed by atoms with Crippen LogP contribution in [0, 0.1) is 29.6 Å². The van der Waals surface area contributed by atoms with E-state index in [1.54, 1.807) is 31.2 Å². The molecule has 15 nitrogen and oxygen atoms in total. The highest BCUT2D eigenvalue weighted by Crippen LogP contribution is 2.57. The van der Waals surface area contributed by atoms with Crippen molar-refractivity contribution < 1.29 is 59.4 Å². The molecule has 1 N–H and O–H groups in total. The molecule has 2 aliphatic carbocycles. The van der Waals surface area contributed by atoms with Crippen LogP contribution in [-0.2, 0) is 35.6 Å². The number of hydrogen-bond acceptors (Lipinski definition) is 14. The number of amides is 2. The standard InChI is InChI=1S/C45H46F3N5O10S2/c1-7-25-20-44(25,42(57)52-65(58,59)28-16-17-28)21-32(54)31-18-27(22-53(31)40(55)30(43(3,4)5)19-34-49-23(2)37(64-34)41(56)60-6)61-39-36-35(29-10-8-9-11-33(29)62-36)50-38(51-39)24-12-14-26(15-13-24)63-45(46,47)48/h7-15,25,27-28,30-31H,1,16-22H2,2-6H3,(H,52,57)/t25-,27-,30-,31+,44-/m1/s1. The molecule has 2 aromatic carbocycles. The molecule has 1 aliphatic heterocycles. The molecule has 0 radical (unpaired) electrons. The molecule has 3 aromatic heterocycles. The monoisotopic (exact) mass is 937 g/mol. The Labute approximate surface area is 375 Å². The molecular weight excluding hydrogens is 892 g/mol. The number of alkyl halides is 3. The largest absolute Gasteiger partial charge is 0.573 e. The number of halogens is 3. The zero-order valence-corrected chi connectivity index (χ0v) is 37.7. The Morgan fingerprint density at radius 3 is 2.40 bits per heavy atom. The van der Waals surface area contributed by atoms with Gasteiger partial charge in [0.25, 0.3) is 5.88 Å². The molecule has 2 amide bonds. The van der Waals surface area contributed by atoms with Crippen molar-refractivity contribution in [2.45, 2.75) is 90.0 Å². The number of hydrogen-bond donors (Lipinski definition) is 1. The number of methoxy groups -OCH3 is 1. The number of allylic oxidation sites excluding steroid dienone is 1. The average molecular weight is 938 g/mol. The number of fused-ring (bicyclic) bond motifs is 3. The van der Waals surface area contributed by atoms with Gasteiger partial charge in [-0.15, -0.1) is 31.1 Å². The van der Waals surface area contributed by atoms with E-state index in [-0.39, 0.29) is 49.5 Å². The summed E-state index contributed by atoms with van der Waals surface area (Å²) >= 11 is 1.11. The summed E-state index contributed by atoms with van der Waals surface area (Å²) in [5, 5.41) is 0.423. The quantitative estimate of drug-likeness (QED) is 0.0801. The molecule has 4 heterocycles. The zero-order chi connectivity index (χ0) is 46.8. The van der Waals surface area contributed by atoms with Crippen molar-refractivity contribution in [3.63, 3.8) is 0 Å². The minimum Gasteiger partial charge on any atom is -0.470 e. The number of carbonyl (C=O) groups is 4. The van der Waals surface area contributed by atoms with Gasteiger partial charge in [0, 0.05) is 36.1 Å². The van der Waals surface area contributed by atoms with E-state index >= 15 is 4.79 Å².